The van der Waals surface area contributed by atoms with Crippen LogP contribution in [0, 0.1) is 11.3 Å². The summed E-state index contributed by atoms with van der Waals surface area (Å²) in [6.07, 6.45) is 1.31. The average molecular weight is 408 g/mol. The van der Waals surface area contributed by atoms with E-state index in [1.165, 1.54) is 31.2 Å². The minimum Gasteiger partial charge on any atom is -0.504 e. The van der Waals surface area contributed by atoms with E-state index in [-0.39, 0.29) is 32.3 Å². The molecule has 0 aliphatic heterocycles. The van der Waals surface area contributed by atoms with Gasteiger partial charge in [-0.2, -0.15) is 5.26 Å². The zero-order chi connectivity index (χ0) is 20.0. The second kappa shape index (κ2) is 8.61. The van der Waals surface area contributed by atoms with Gasteiger partial charge in [-0.3, -0.25) is 10.1 Å². The van der Waals surface area contributed by atoms with E-state index >= 15 is 0 Å². The molecule has 27 heavy (non-hydrogen) atoms. The van der Waals surface area contributed by atoms with Gasteiger partial charge in [-0.25, -0.2) is 8.42 Å². The molecular formula is C16H16N4O5S2. The summed E-state index contributed by atoms with van der Waals surface area (Å²) in [5, 5.41) is 28.4. The van der Waals surface area contributed by atoms with Crippen molar-refractivity contribution >= 4 is 38.3 Å². The third-order valence-electron chi connectivity index (χ3n) is 3.23. The molecule has 0 saturated carbocycles. The number of aromatic hydroxyl groups is 1. The molecule has 1 amide bonds. The molecule has 9 nitrogen and oxygen atoms in total. The second-order valence-corrected chi connectivity index (χ2v) is 8.49. The van der Waals surface area contributed by atoms with Crippen LogP contribution in [0.4, 0.5) is 5.13 Å². The van der Waals surface area contributed by atoms with Crippen molar-refractivity contribution in [3.05, 3.63) is 29.3 Å². The molecule has 1 aromatic carbocycles. The number of anilines is 1. The minimum absolute atomic E-state index is 0.0334. The van der Waals surface area contributed by atoms with Crippen molar-refractivity contribution in [2.75, 3.05) is 17.7 Å². The number of amides is 1. The summed E-state index contributed by atoms with van der Waals surface area (Å²) >= 11 is 0.706. The molecule has 0 aliphatic rings. The lowest BCUT2D eigenvalue weighted by atomic mass is 10.1. The molecule has 1 aromatic heterocycles. The molecule has 0 atom stereocenters. The second-order valence-electron chi connectivity index (χ2n) is 5.06. The first-order chi connectivity index (χ1) is 12.8. The molecule has 142 valence electrons. The number of phenols is 1. The number of carbonyl (C=O) groups is 1. The fourth-order valence-electron chi connectivity index (χ4n) is 1.88. The third kappa shape index (κ3) is 5.02. The number of ether oxygens (including phenoxy) is 1. The fraction of sp³-hybridized carbons (Fsp3) is 0.250. The minimum atomic E-state index is -3.53. The Bertz CT molecular complexity index is 1020. The number of aromatic nitrogens is 2. The maximum absolute atomic E-state index is 12.3. The normalized spacial score (nSPS) is 11.7. The number of nitriles is 1. The number of nitrogens with one attached hydrogen (secondary N) is 1. The predicted molar refractivity (Wildman–Crippen MR) is 99.1 cm³/mol. The summed E-state index contributed by atoms with van der Waals surface area (Å²) in [5.41, 5.74) is 0.229. The van der Waals surface area contributed by atoms with E-state index in [9.17, 15) is 23.6 Å². The van der Waals surface area contributed by atoms with Crippen LogP contribution in [-0.4, -0.2) is 42.0 Å². The lowest BCUT2D eigenvalue weighted by Crippen LogP contribution is -2.13. The van der Waals surface area contributed by atoms with E-state index in [1.807, 2.05) is 0 Å². The molecule has 2 rings (SSSR count). The van der Waals surface area contributed by atoms with Crippen molar-refractivity contribution < 1.29 is 23.1 Å². The van der Waals surface area contributed by atoms with Crippen molar-refractivity contribution in [2.24, 2.45) is 0 Å². The van der Waals surface area contributed by atoms with E-state index in [2.05, 4.69) is 15.5 Å². The molecule has 0 aliphatic carbocycles. The Kier molecular flexibility index (Phi) is 6.49. The summed E-state index contributed by atoms with van der Waals surface area (Å²) in [6, 6.07) is 6.15. The highest BCUT2D eigenvalue weighted by atomic mass is 32.2. The van der Waals surface area contributed by atoms with Crippen LogP contribution in [0.5, 0.6) is 11.5 Å². The number of hydrogen-bond acceptors (Lipinski definition) is 9. The van der Waals surface area contributed by atoms with Gasteiger partial charge in [0.25, 0.3) is 5.91 Å². The van der Waals surface area contributed by atoms with E-state index in [0.717, 1.165) is 0 Å². The Balaban J connectivity index is 2.23. The predicted octanol–water partition coefficient (Wildman–Crippen LogP) is 1.98. The molecule has 2 N–H and O–H groups in total. The average Bonchev–Trinajstić information content (AvgIpc) is 3.11. The largest absolute Gasteiger partial charge is 0.504 e. The molecule has 0 fully saturated rings. The third-order valence-corrected chi connectivity index (χ3v) is 6.25. The molecule has 0 unspecified atom stereocenters. The molecule has 0 radical (unpaired) electrons. The first-order valence-corrected chi connectivity index (χ1v) is 10.2. The van der Waals surface area contributed by atoms with Gasteiger partial charge in [0.15, 0.2) is 11.5 Å². The van der Waals surface area contributed by atoms with Crippen LogP contribution < -0.4 is 10.1 Å². The summed E-state index contributed by atoms with van der Waals surface area (Å²) in [7, 11) is -3.53. The molecule has 0 spiro atoms. The number of phenolic OH excluding ortho intramolecular Hbond substituents is 1. The van der Waals surface area contributed by atoms with Crippen LogP contribution in [0.15, 0.2) is 28.1 Å². The van der Waals surface area contributed by atoms with Crippen LogP contribution in [-0.2, 0) is 14.6 Å². The first-order valence-electron chi connectivity index (χ1n) is 7.76. The van der Waals surface area contributed by atoms with Crippen LogP contribution in [0.2, 0.25) is 0 Å². The fourth-order valence-corrected chi connectivity index (χ4v) is 3.86. The molecule has 11 heteroatoms. The number of sulfone groups is 1. The van der Waals surface area contributed by atoms with Gasteiger partial charge < -0.3 is 9.84 Å². The van der Waals surface area contributed by atoms with Crippen molar-refractivity contribution in [3.8, 4) is 17.6 Å². The standard InChI is InChI=1S/C16H16N4O5S2/c1-3-25-13-8-10(5-6-12(13)21)7-11(9-17)14(22)18-15-19-20-16(26-15)27(23,24)4-2/h5-8,21H,3-4H2,1-2H3,(H,18,19,22)/b11-7-. The number of rotatable bonds is 7. The highest BCUT2D eigenvalue weighted by Gasteiger charge is 2.20. The number of nitrogens with zero attached hydrogens (tertiary/aromatic N) is 3. The highest BCUT2D eigenvalue weighted by Crippen LogP contribution is 2.28. The van der Waals surface area contributed by atoms with Crippen molar-refractivity contribution in [2.45, 2.75) is 18.2 Å². The Morgan fingerprint density at radius 2 is 2.15 bits per heavy atom. The van der Waals surface area contributed by atoms with Crippen molar-refractivity contribution in [1.29, 1.82) is 5.26 Å². The molecule has 0 saturated heterocycles. The summed E-state index contributed by atoms with van der Waals surface area (Å²) < 4.78 is 28.5. The zero-order valence-electron chi connectivity index (χ0n) is 14.5. The molecular weight excluding hydrogens is 392 g/mol. The maximum atomic E-state index is 12.3. The Morgan fingerprint density at radius 1 is 1.41 bits per heavy atom. The Hall–Kier alpha value is -2.97. The summed E-state index contributed by atoms with van der Waals surface area (Å²) in [6.45, 7) is 3.57. The van der Waals surface area contributed by atoms with Crippen LogP contribution in [0.3, 0.4) is 0 Å². The van der Waals surface area contributed by atoms with Gasteiger partial charge in [0.05, 0.1) is 12.4 Å². The van der Waals surface area contributed by atoms with Crippen LogP contribution >= 0.6 is 11.3 Å². The number of benzene rings is 1. The summed E-state index contributed by atoms with van der Waals surface area (Å²) in [5.74, 6) is -0.736. The van der Waals surface area contributed by atoms with Crippen LogP contribution in [0.25, 0.3) is 6.08 Å². The van der Waals surface area contributed by atoms with Gasteiger partial charge in [-0.15, -0.1) is 10.2 Å². The smallest absolute Gasteiger partial charge is 0.268 e. The van der Waals surface area contributed by atoms with E-state index in [1.54, 1.807) is 13.0 Å². The number of carbonyl (C=O) groups excluding carboxylic acids is 1. The topological polar surface area (TPSA) is 142 Å². The SMILES string of the molecule is CCOc1cc(/C=C(/C#N)C(=O)Nc2nnc(S(=O)(=O)CC)s2)ccc1O. The van der Waals surface area contributed by atoms with Crippen LogP contribution in [0.1, 0.15) is 19.4 Å². The quantitative estimate of drug-likeness (QED) is 0.402. The van der Waals surface area contributed by atoms with Gasteiger partial charge in [-0.1, -0.05) is 24.3 Å². The van der Waals surface area contributed by atoms with Crippen molar-refractivity contribution in [1.82, 2.24) is 10.2 Å². The molecule has 1 heterocycles. The maximum Gasteiger partial charge on any atom is 0.268 e. The van der Waals surface area contributed by atoms with E-state index in [4.69, 9.17) is 4.74 Å². The molecule has 0 bridgehead atoms. The molecule has 2 aromatic rings. The van der Waals surface area contributed by atoms with E-state index < -0.39 is 15.7 Å². The van der Waals surface area contributed by atoms with Gasteiger partial charge in [0, 0.05) is 0 Å². The van der Waals surface area contributed by atoms with Crippen molar-refractivity contribution in [3.63, 3.8) is 0 Å². The van der Waals surface area contributed by atoms with Gasteiger partial charge in [0.1, 0.15) is 11.6 Å². The Morgan fingerprint density at radius 3 is 2.78 bits per heavy atom. The van der Waals surface area contributed by atoms with Gasteiger partial charge in [-0.05, 0) is 30.7 Å². The Labute approximate surface area is 159 Å². The van der Waals surface area contributed by atoms with E-state index in [0.29, 0.717) is 23.5 Å². The van der Waals surface area contributed by atoms with Gasteiger partial charge >= 0.3 is 0 Å². The first kappa shape index (κ1) is 20.3. The highest BCUT2D eigenvalue weighted by molar-refractivity contribution is 7.93. The summed E-state index contributed by atoms with van der Waals surface area (Å²) in [4.78, 5) is 12.3. The number of hydrogen-bond donors (Lipinski definition) is 2. The van der Waals surface area contributed by atoms with Gasteiger partial charge in [0.2, 0.25) is 19.3 Å². The lowest BCUT2D eigenvalue weighted by molar-refractivity contribution is -0.112. The lowest BCUT2D eigenvalue weighted by Gasteiger charge is -2.06. The monoisotopic (exact) mass is 408 g/mol. The zero-order valence-corrected chi connectivity index (χ0v) is 16.1.